The van der Waals surface area contributed by atoms with Crippen LogP contribution in [0.2, 0.25) is 0 Å². The fraction of sp³-hybridized carbons (Fsp3) is 1.00. The highest BCUT2D eigenvalue weighted by molar-refractivity contribution is 5.14. The van der Waals surface area contributed by atoms with E-state index in [-0.39, 0.29) is 5.60 Å². The lowest BCUT2D eigenvalue weighted by atomic mass is 9.86. The summed E-state index contributed by atoms with van der Waals surface area (Å²) in [5, 5.41) is 9.99. The molecule has 0 spiro atoms. The Balaban J connectivity index is 2.11. The van der Waals surface area contributed by atoms with Crippen LogP contribution in [0.15, 0.2) is 0 Å². The van der Waals surface area contributed by atoms with Crippen LogP contribution in [0.4, 0.5) is 0 Å². The largest absolute Gasteiger partial charge is 0.390 e. The van der Waals surface area contributed by atoms with Crippen molar-refractivity contribution in [1.29, 1.82) is 0 Å². The SMILES string of the molecule is CC1(O)[C@@H]2C[C@@H]3C[C@H]2C[C@@H]31. The van der Waals surface area contributed by atoms with Crippen LogP contribution in [0.5, 0.6) is 0 Å². The average Bonchev–Trinajstić information content (AvgIpc) is 2.47. The van der Waals surface area contributed by atoms with E-state index in [4.69, 9.17) is 0 Å². The molecule has 4 bridgehead atoms. The fourth-order valence-corrected chi connectivity index (χ4v) is 3.98. The van der Waals surface area contributed by atoms with Crippen molar-refractivity contribution in [3.63, 3.8) is 0 Å². The number of hydrogen-bond donors (Lipinski definition) is 1. The minimum Gasteiger partial charge on any atom is -0.390 e. The van der Waals surface area contributed by atoms with Gasteiger partial charge in [-0.1, -0.05) is 0 Å². The molecular weight excluding hydrogens is 124 g/mol. The third-order valence-corrected chi connectivity index (χ3v) is 4.36. The van der Waals surface area contributed by atoms with Crippen molar-refractivity contribution in [2.24, 2.45) is 23.7 Å². The van der Waals surface area contributed by atoms with E-state index in [0.717, 1.165) is 11.8 Å². The Kier molecular flexibility index (Phi) is 0.722. The molecule has 0 radical (unpaired) electrons. The highest BCUT2D eigenvalue weighted by Crippen LogP contribution is 2.67. The summed E-state index contributed by atoms with van der Waals surface area (Å²) in [5.41, 5.74) is -0.256. The molecule has 4 aliphatic rings. The summed E-state index contributed by atoms with van der Waals surface area (Å²) in [4.78, 5) is 0. The van der Waals surface area contributed by atoms with Crippen molar-refractivity contribution in [3.8, 4) is 0 Å². The third-order valence-electron chi connectivity index (χ3n) is 4.36. The van der Waals surface area contributed by atoms with Crippen LogP contribution in [0.1, 0.15) is 26.2 Å². The van der Waals surface area contributed by atoms with Crippen molar-refractivity contribution in [2.45, 2.75) is 31.8 Å². The van der Waals surface area contributed by atoms with Gasteiger partial charge in [0, 0.05) is 0 Å². The average molecular weight is 138 g/mol. The Labute approximate surface area is 61.4 Å². The maximum atomic E-state index is 9.99. The van der Waals surface area contributed by atoms with Gasteiger partial charge in [-0.05, 0) is 49.9 Å². The van der Waals surface area contributed by atoms with Crippen LogP contribution in [-0.4, -0.2) is 10.7 Å². The molecule has 56 valence electrons. The van der Waals surface area contributed by atoms with Gasteiger partial charge in [-0.15, -0.1) is 0 Å². The predicted octanol–water partition coefficient (Wildman–Crippen LogP) is 1.41. The molecule has 10 heavy (non-hydrogen) atoms. The molecule has 4 fully saturated rings. The minimum atomic E-state index is -0.256. The van der Waals surface area contributed by atoms with Crippen LogP contribution in [0, 0.1) is 23.7 Å². The van der Waals surface area contributed by atoms with E-state index in [1.165, 1.54) is 19.3 Å². The van der Waals surface area contributed by atoms with Crippen molar-refractivity contribution in [3.05, 3.63) is 0 Å². The Morgan fingerprint density at radius 1 is 1.10 bits per heavy atom. The lowest BCUT2D eigenvalue weighted by molar-refractivity contribution is -0.00757. The first-order valence-electron chi connectivity index (χ1n) is 4.42. The molecule has 4 saturated carbocycles. The highest BCUT2D eigenvalue weighted by atomic mass is 16.3. The Morgan fingerprint density at radius 3 is 1.80 bits per heavy atom. The zero-order chi connectivity index (χ0) is 6.93. The maximum absolute atomic E-state index is 9.99. The maximum Gasteiger partial charge on any atom is 0.0681 e. The van der Waals surface area contributed by atoms with Gasteiger partial charge in [0.1, 0.15) is 0 Å². The normalized spacial score (nSPS) is 70.2. The van der Waals surface area contributed by atoms with Crippen molar-refractivity contribution in [1.82, 2.24) is 0 Å². The summed E-state index contributed by atoms with van der Waals surface area (Å²) >= 11 is 0. The zero-order valence-corrected chi connectivity index (χ0v) is 6.38. The van der Waals surface area contributed by atoms with E-state index >= 15 is 0 Å². The molecule has 0 saturated heterocycles. The summed E-state index contributed by atoms with van der Waals surface area (Å²) in [6.45, 7) is 2.06. The van der Waals surface area contributed by atoms with Gasteiger partial charge >= 0.3 is 0 Å². The summed E-state index contributed by atoms with van der Waals surface area (Å²) in [7, 11) is 0. The monoisotopic (exact) mass is 138 g/mol. The molecule has 5 atom stereocenters. The van der Waals surface area contributed by atoms with E-state index < -0.39 is 0 Å². The first-order chi connectivity index (χ1) is 4.69. The van der Waals surface area contributed by atoms with Gasteiger partial charge in [-0.2, -0.15) is 0 Å². The van der Waals surface area contributed by atoms with E-state index in [2.05, 4.69) is 6.92 Å². The first-order valence-corrected chi connectivity index (χ1v) is 4.42. The molecule has 1 nitrogen and oxygen atoms in total. The van der Waals surface area contributed by atoms with Crippen LogP contribution in [-0.2, 0) is 0 Å². The zero-order valence-electron chi connectivity index (χ0n) is 6.38. The van der Waals surface area contributed by atoms with E-state index in [1.807, 2.05) is 0 Å². The topological polar surface area (TPSA) is 20.2 Å². The third kappa shape index (κ3) is 0.378. The summed E-state index contributed by atoms with van der Waals surface area (Å²) in [6, 6.07) is 0. The highest BCUT2D eigenvalue weighted by Gasteiger charge is 2.65. The predicted molar refractivity (Wildman–Crippen MR) is 38.4 cm³/mol. The second kappa shape index (κ2) is 1.29. The lowest BCUT2D eigenvalue weighted by Crippen LogP contribution is -2.33. The minimum absolute atomic E-state index is 0.256. The second-order valence-electron chi connectivity index (χ2n) is 4.67. The summed E-state index contributed by atoms with van der Waals surface area (Å²) < 4.78 is 0. The van der Waals surface area contributed by atoms with Gasteiger partial charge in [0.2, 0.25) is 0 Å². The molecule has 0 aliphatic heterocycles. The van der Waals surface area contributed by atoms with Gasteiger partial charge in [-0.3, -0.25) is 0 Å². The quantitative estimate of drug-likeness (QED) is 0.536. The van der Waals surface area contributed by atoms with Gasteiger partial charge in [0.05, 0.1) is 5.60 Å². The van der Waals surface area contributed by atoms with E-state index in [0.29, 0.717) is 11.8 Å². The first kappa shape index (κ1) is 5.59. The van der Waals surface area contributed by atoms with Crippen LogP contribution < -0.4 is 0 Å². The van der Waals surface area contributed by atoms with Gasteiger partial charge in [0.15, 0.2) is 0 Å². The number of aliphatic hydroxyl groups is 1. The second-order valence-corrected chi connectivity index (χ2v) is 4.67. The standard InChI is InChI=1S/C9H14O/c1-9(10)7-3-5-2-6(7)4-8(5)9/h5-8,10H,2-4H2,1H3/t5-,6-,7-,8+,9?/m0/s1. The van der Waals surface area contributed by atoms with Crippen molar-refractivity contribution in [2.75, 3.05) is 0 Å². The summed E-state index contributed by atoms with van der Waals surface area (Å²) in [5.74, 6) is 3.18. The smallest absolute Gasteiger partial charge is 0.0681 e. The molecule has 4 aliphatic carbocycles. The molecule has 4 rings (SSSR count). The van der Waals surface area contributed by atoms with Crippen LogP contribution >= 0.6 is 0 Å². The molecule has 1 N–H and O–H groups in total. The molecule has 1 heteroatoms. The molecule has 0 amide bonds. The Bertz CT molecular complexity index is 167. The molecular formula is C9H14O. The van der Waals surface area contributed by atoms with E-state index in [1.54, 1.807) is 0 Å². The molecule has 0 aromatic heterocycles. The summed E-state index contributed by atoms with van der Waals surface area (Å²) in [6.07, 6.45) is 4.11. The Hall–Kier alpha value is -0.0400. The number of rotatable bonds is 0. The Morgan fingerprint density at radius 2 is 1.60 bits per heavy atom. The van der Waals surface area contributed by atoms with Crippen molar-refractivity contribution >= 4 is 0 Å². The van der Waals surface area contributed by atoms with Gasteiger partial charge < -0.3 is 5.11 Å². The van der Waals surface area contributed by atoms with Crippen LogP contribution in [0.3, 0.4) is 0 Å². The molecule has 0 aromatic carbocycles. The van der Waals surface area contributed by atoms with Gasteiger partial charge in [-0.25, -0.2) is 0 Å². The fourth-order valence-electron chi connectivity index (χ4n) is 3.98. The molecule has 0 heterocycles. The van der Waals surface area contributed by atoms with Gasteiger partial charge in [0.25, 0.3) is 0 Å². The lowest BCUT2D eigenvalue weighted by Gasteiger charge is -2.27. The number of hydrogen-bond acceptors (Lipinski definition) is 1. The van der Waals surface area contributed by atoms with Crippen LogP contribution in [0.25, 0.3) is 0 Å². The molecule has 0 aromatic rings. The molecule has 1 unspecified atom stereocenters. The van der Waals surface area contributed by atoms with E-state index in [9.17, 15) is 5.11 Å². The van der Waals surface area contributed by atoms with Crippen molar-refractivity contribution < 1.29 is 5.11 Å².